The molecule has 3 unspecified atom stereocenters. The highest BCUT2D eigenvalue weighted by Gasteiger charge is 2.46. The van der Waals surface area contributed by atoms with Crippen molar-refractivity contribution >= 4 is 26.2 Å². The van der Waals surface area contributed by atoms with Crippen LogP contribution < -0.4 is 4.74 Å². The van der Waals surface area contributed by atoms with Gasteiger partial charge < -0.3 is 28.4 Å². The van der Waals surface area contributed by atoms with E-state index < -0.39 is 26.1 Å². The molecule has 0 radical (unpaired) electrons. The predicted octanol–water partition coefficient (Wildman–Crippen LogP) is 6.28. The molecule has 49 heavy (non-hydrogen) atoms. The van der Waals surface area contributed by atoms with Crippen LogP contribution in [0.25, 0.3) is 0 Å². The van der Waals surface area contributed by atoms with E-state index in [2.05, 4.69) is 46.0 Å². The van der Waals surface area contributed by atoms with Gasteiger partial charge in [0.25, 0.3) is 11.8 Å². The Morgan fingerprint density at radius 2 is 1.65 bits per heavy atom. The zero-order chi connectivity index (χ0) is 35.3. The van der Waals surface area contributed by atoms with Crippen LogP contribution in [0.1, 0.15) is 86.2 Å². The maximum atomic E-state index is 14.3. The fraction of sp³-hybridized carbons (Fsp3) is 0.605. The molecule has 0 N–H and O–H groups in total. The second-order valence-corrected chi connectivity index (χ2v) is 21.3. The molecular formula is C38H53N3O7Si. The lowest BCUT2D eigenvalue weighted by atomic mass is 9.91. The van der Waals surface area contributed by atoms with E-state index in [9.17, 15) is 14.4 Å². The number of benzene rings is 2. The molecule has 4 aliphatic heterocycles. The molecule has 11 heteroatoms. The zero-order valence-electron chi connectivity index (χ0n) is 30.4. The number of carbonyl (C=O) groups excluding carboxylic acids is 3. The van der Waals surface area contributed by atoms with Crippen LogP contribution in [0.4, 0.5) is 4.79 Å². The van der Waals surface area contributed by atoms with Crippen molar-refractivity contribution in [3.8, 4) is 5.75 Å². The van der Waals surface area contributed by atoms with E-state index >= 15 is 0 Å². The Morgan fingerprint density at radius 1 is 0.980 bits per heavy atom. The topological polar surface area (TPSA) is 97.9 Å². The Balaban J connectivity index is 1.30. The van der Waals surface area contributed by atoms with E-state index in [0.717, 1.165) is 24.0 Å². The van der Waals surface area contributed by atoms with Gasteiger partial charge in [-0.25, -0.2) is 4.79 Å². The minimum absolute atomic E-state index is 0.0431. The van der Waals surface area contributed by atoms with E-state index in [1.54, 1.807) is 28.0 Å². The molecule has 2 saturated heterocycles. The number of fused-ring (bicyclic) bond motifs is 4. The summed E-state index contributed by atoms with van der Waals surface area (Å²) in [4.78, 5) is 47.3. The van der Waals surface area contributed by atoms with Crippen LogP contribution >= 0.6 is 0 Å². The van der Waals surface area contributed by atoms with Crippen LogP contribution in [0, 0.1) is 0 Å². The van der Waals surface area contributed by atoms with Crippen molar-refractivity contribution in [3.63, 3.8) is 0 Å². The van der Waals surface area contributed by atoms with Gasteiger partial charge in [-0.05, 0) is 87.5 Å². The summed E-state index contributed by atoms with van der Waals surface area (Å²) >= 11 is 0. The van der Waals surface area contributed by atoms with Crippen molar-refractivity contribution in [2.75, 3.05) is 32.9 Å². The van der Waals surface area contributed by atoms with Gasteiger partial charge in [0.2, 0.25) is 0 Å². The first-order valence-corrected chi connectivity index (χ1v) is 20.6. The summed E-state index contributed by atoms with van der Waals surface area (Å²) in [5.74, 6) is 0.197. The Morgan fingerprint density at radius 3 is 2.31 bits per heavy atom. The number of nitrogens with zero attached hydrogens (tertiary/aromatic N) is 3. The third-order valence-corrected chi connectivity index (χ3v) is 15.3. The van der Waals surface area contributed by atoms with Crippen LogP contribution in [0.15, 0.2) is 42.5 Å². The first kappa shape index (κ1) is 35.4. The first-order valence-electron chi connectivity index (χ1n) is 17.7. The number of morpholine rings is 1. The Bertz CT molecular complexity index is 1570. The zero-order valence-corrected chi connectivity index (χ0v) is 31.4. The largest absolute Gasteiger partial charge is 0.491 e. The van der Waals surface area contributed by atoms with Gasteiger partial charge in [-0.2, -0.15) is 0 Å². The molecule has 266 valence electrons. The minimum atomic E-state index is -2.39. The Hall–Kier alpha value is -3.41. The molecule has 10 nitrogen and oxygen atoms in total. The number of hydrogen-bond acceptors (Lipinski definition) is 7. The highest BCUT2D eigenvalue weighted by Crippen LogP contribution is 2.40. The molecule has 2 aromatic carbocycles. The Kier molecular flexibility index (Phi) is 9.67. The number of ether oxygens (including phenoxy) is 3. The van der Waals surface area contributed by atoms with Crippen LogP contribution in [0.5, 0.6) is 5.75 Å². The van der Waals surface area contributed by atoms with Crippen LogP contribution in [-0.4, -0.2) is 104 Å². The molecule has 0 aromatic heterocycles. The molecule has 2 fully saturated rings. The van der Waals surface area contributed by atoms with Crippen molar-refractivity contribution in [3.05, 3.63) is 64.7 Å². The first-order chi connectivity index (χ1) is 23.0. The highest BCUT2D eigenvalue weighted by molar-refractivity contribution is 6.74. The van der Waals surface area contributed by atoms with Crippen LogP contribution in [0.2, 0.25) is 18.1 Å². The number of carbonyl (C=O) groups is 3. The quantitative estimate of drug-likeness (QED) is 0.329. The van der Waals surface area contributed by atoms with Gasteiger partial charge in [0.1, 0.15) is 18.0 Å². The maximum Gasteiger partial charge on any atom is 0.410 e. The summed E-state index contributed by atoms with van der Waals surface area (Å²) in [7, 11) is -2.39. The second-order valence-electron chi connectivity index (χ2n) is 16.5. The summed E-state index contributed by atoms with van der Waals surface area (Å²) < 4.78 is 25.0. The summed E-state index contributed by atoms with van der Waals surface area (Å²) in [6.45, 7) is 19.0. The average Bonchev–Trinajstić information content (AvgIpc) is 3.17. The lowest BCUT2D eigenvalue weighted by Crippen LogP contribution is -2.59. The number of hydrogen-bond donors (Lipinski definition) is 0. The third kappa shape index (κ3) is 7.39. The normalized spacial score (nSPS) is 23.3. The number of amides is 3. The lowest BCUT2D eigenvalue weighted by molar-refractivity contribution is -0.0150. The predicted molar refractivity (Wildman–Crippen MR) is 189 cm³/mol. The summed E-state index contributed by atoms with van der Waals surface area (Å²) in [6, 6.07) is 13.2. The second kappa shape index (κ2) is 13.4. The van der Waals surface area contributed by atoms with Crippen molar-refractivity contribution in [2.24, 2.45) is 0 Å². The fourth-order valence-corrected chi connectivity index (χ4v) is 8.52. The maximum absolute atomic E-state index is 14.3. The van der Waals surface area contributed by atoms with Crippen molar-refractivity contribution < 1.29 is 33.0 Å². The minimum Gasteiger partial charge on any atom is -0.491 e. The van der Waals surface area contributed by atoms with E-state index in [4.69, 9.17) is 18.6 Å². The SMILES string of the molecule is CC(C)(C)OC(=O)N1Cc2ccccc2C[C@H]1C(CN1CCOc2cc(C(=O)N3C4CCC3COC4)ccc2C1=O)O[Si](C)(C)C(C)(C)C. The molecular weight excluding hydrogens is 639 g/mol. The fourth-order valence-electron chi connectivity index (χ4n) is 7.18. The molecule has 0 aliphatic carbocycles. The summed E-state index contributed by atoms with van der Waals surface area (Å²) in [6.07, 6.45) is 1.60. The Labute approximate surface area is 292 Å². The van der Waals surface area contributed by atoms with E-state index in [1.807, 2.05) is 37.8 Å². The molecule has 3 amide bonds. The van der Waals surface area contributed by atoms with E-state index in [1.165, 1.54) is 0 Å². The summed E-state index contributed by atoms with van der Waals surface area (Å²) in [5, 5.41) is -0.101. The van der Waals surface area contributed by atoms with Gasteiger partial charge in [-0.3, -0.25) is 14.5 Å². The van der Waals surface area contributed by atoms with E-state index in [-0.39, 0.29) is 48.1 Å². The van der Waals surface area contributed by atoms with Crippen LogP contribution in [-0.2, 0) is 26.9 Å². The molecule has 4 heterocycles. The molecule has 2 aromatic rings. The standard InChI is InChI=1S/C38H53N3O7Si/c1-37(2,3)47-36(44)40-21-27-12-10-9-11-25(27)19-31(40)33(48-49(7,8)38(4,5)6)22-39-17-18-46-32-20-26(13-16-30(32)35(39)43)34(42)41-28-14-15-29(41)24-45-23-28/h9-13,16,20,28-29,31,33H,14-15,17-19,21-24H2,1-8H3/t28?,29?,31-,33?/m0/s1. The van der Waals surface area contributed by atoms with Gasteiger partial charge in [0.05, 0.1) is 49.6 Å². The van der Waals surface area contributed by atoms with Gasteiger partial charge in [0, 0.05) is 18.7 Å². The van der Waals surface area contributed by atoms with Gasteiger partial charge >= 0.3 is 6.09 Å². The number of rotatable bonds is 6. The van der Waals surface area contributed by atoms with Gasteiger partial charge in [0.15, 0.2) is 8.32 Å². The van der Waals surface area contributed by atoms with Gasteiger partial charge in [-0.1, -0.05) is 45.0 Å². The highest BCUT2D eigenvalue weighted by atomic mass is 28.4. The molecule has 2 bridgehead atoms. The lowest BCUT2D eigenvalue weighted by Gasteiger charge is -2.47. The van der Waals surface area contributed by atoms with Crippen molar-refractivity contribution in [1.29, 1.82) is 0 Å². The van der Waals surface area contributed by atoms with Crippen molar-refractivity contribution in [1.82, 2.24) is 14.7 Å². The third-order valence-electron chi connectivity index (χ3n) is 10.8. The van der Waals surface area contributed by atoms with Gasteiger partial charge in [-0.15, -0.1) is 0 Å². The molecule has 0 spiro atoms. The van der Waals surface area contributed by atoms with E-state index in [0.29, 0.717) is 49.6 Å². The monoisotopic (exact) mass is 691 g/mol. The van der Waals surface area contributed by atoms with Crippen molar-refractivity contribution in [2.45, 2.75) is 115 Å². The van der Waals surface area contributed by atoms with Crippen LogP contribution in [0.3, 0.4) is 0 Å². The molecule has 0 saturated carbocycles. The molecule has 4 atom stereocenters. The summed E-state index contributed by atoms with van der Waals surface area (Å²) in [5.41, 5.74) is 2.52. The smallest absolute Gasteiger partial charge is 0.410 e. The molecule has 6 rings (SSSR count). The average molecular weight is 692 g/mol. The molecule has 4 aliphatic rings.